The fourth-order valence-electron chi connectivity index (χ4n) is 3.75. The molecule has 1 aliphatic rings. The quantitative estimate of drug-likeness (QED) is 0.387. The van der Waals surface area contributed by atoms with E-state index in [0.29, 0.717) is 61.2 Å². The molecule has 1 fully saturated rings. The van der Waals surface area contributed by atoms with Gasteiger partial charge in [0.2, 0.25) is 5.28 Å². The second-order valence-electron chi connectivity index (χ2n) is 7.76. The number of alkyl halides is 3. The van der Waals surface area contributed by atoms with Crippen molar-refractivity contribution in [2.45, 2.75) is 31.5 Å². The van der Waals surface area contributed by atoms with Gasteiger partial charge in [-0.25, -0.2) is 15.0 Å². The van der Waals surface area contributed by atoms with Crippen molar-refractivity contribution in [3.8, 4) is 0 Å². The van der Waals surface area contributed by atoms with Crippen molar-refractivity contribution in [1.82, 2.24) is 15.0 Å². The monoisotopic (exact) mass is 466 g/mol. The van der Waals surface area contributed by atoms with Crippen molar-refractivity contribution < 1.29 is 18.3 Å². The summed E-state index contributed by atoms with van der Waals surface area (Å²) in [6.07, 6.45) is -1.50. The number of piperidine rings is 1. The number of benzene rings is 1. The molecule has 0 amide bonds. The molecule has 32 heavy (non-hydrogen) atoms. The average Bonchev–Trinajstić information content (AvgIpc) is 2.73. The maximum absolute atomic E-state index is 13.0. The summed E-state index contributed by atoms with van der Waals surface area (Å²) in [5, 5.41) is 13.6. The van der Waals surface area contributed by atoms with Crippen molar-refractivity contribution in [3.05, 3.63) is 46.9 Å². The van der Waals surface area contributed by atoms with Gasteiger partial charge in [-0.3, -0.25) is 0 Å². The van der Waals surface area contributed by atoms with Crippen LogP contribution in [0.3, 0.4) is 0 Å². The number of pyridine rings is 1. The highest BCUT2D eigenvalue weighted by Gasteiger charge is 2.31. The molecule has 4 rings (SSSR count). The number of aliphatic hydroxyl groups excluding tert-OH is 1. The lowest BCUT2D eigenvalue weighted by Gasteiger charge is -2.30. The Bertz CT molecular complexity index is 1120. The van der Waals surface area contributed by atoms with Crippen molar-refractivity contribution in [3.63, 3.8) is 0 Å². The van der Waals surface area contributed by atoms with Crippen LogP contribution in [0.1, 0.15) is 24.0 Å². The van der Waals surface area contributed by atoms with Crippen LogP contribution in [0.5, 0.6) is 0 Å². The summed E-state index contributed by atoms with van der Waals surface area (Å²) in [4.78, 5) is 15.0. The molecule has 0 spiro atoms. The summed E-state index contributed by atoms with van der Waals surface area (Å²) in [5.41, 5.74) is 5.95. The molecule has 1 saturated heterocycles. The van der Waals surface area contributed by atoms with Gasteiger partial charge in [0.25, 0.3) is 0 Å². The molecule has 4 N–H and O–H groups in total. The third-order valence-electron chi connectivity index (χ3n) is 5.38. The zero-order valence-electron chi connectivity index (χ0n) is 17.0. The molecule has 3 heterocycles. The predicted molar refractivity (Wildman–Crippen MR) is 118 cm³/mol. The van der Waals surface area contributed by atoms with Crippen LogP contribution < -0.4 is 16.0 Å². The first-order chi connectivity index (χ1) is 15.2. The summed E-state index contributed by atoms with van der Waals surface area (Å²) in [7, 11) is 0. The molecule has 11 heteroatoms. The summed E-state index contributed by atoms with van der Waals surface area (Å²) in [6, 6.07) is 5.39. The molecule has 0 unspecified atom stereocenters. The second-order valence-corrected chi connectivity index (χ2v) is 8.09. The number of nitrogen functional groups attached to an aromatic ring is 1. The normalized spacial score (nSPS) is 15.3. The van der Waals surface area contributed by atoms with Gasteiger partial charge in [-0.15, -0.1) is 0 Å². The minimum atomic E-state index is -4.46. The van der Waals surface area contributed by atoms with Gasteiger partial charge in [0.05, 0.1) is 23.4 Å². The number of anilines is 3. The van der Waals surface area contributed by atoms with Crippen molar-refractivity contribution in [1.29, 1.82) is 0 Å². The summed E-state index contributed by atoms with van der Waals surface area (Å²) in [5.74, 6) is 1.21. The Morgan fingerprint density at radius 3 is 2.62 bits per heavy atom. The van der Waals surface area contributed by atoms with Gasteiger partial charge in [-0.1, -0.05) is 0 Å². The fraction of sp³-hybridized carbons (Fsp3) is 0.381. The minimum absolute atomic E-state index is 0.0407. The van der Waals surface area contributed by atoms with Crippen LogP contribution in [0.25, 0.3) is 10.9 Å². The molecule has 0 bridgehead atoms. The highest BCUT2D eigenvalue weighted by Crippen LogP contribution is 2.32. The summed E-state index contributed by atoms with van der Waals surface area (Å²) in [6.45, 7) is 1.69. The number of nitrogens with zero attached hydrogens (tertiary/aromatic N) is 4. The lowest BCUT2D eigenvalue weighted by molar-refractivity contribution is -0.137. The number of fused-ring (bicyclic) bond motifs is 1. The van der Waals surface area contributed by atoms with Crippen LogP contribution in [0.15, 0.2) is 30.5 Å². The number of hydrogen-bond donors (Lipinski definition) is 3. The maximum Gasteiger partial charge on any atom is 0.416 e. The fourth-order valence-corrected chi connectivity index (χ4v) is 3.92. The number of aromatic nitrogens is 3. The van der Waals surface area contributed by atoms with E-state index in [2.05, 4.69) is 25.2 Å². The van der Waals surface area contributed by atoms with E-state index in [0.717, 1.165) is 18.0 Å². The number of aliphatic hydroxyl groups is 1. The first-order valence-electron chi connectivity index (χ1n) is 10.2. The van der Waals surface area contributed by atoms with Crippen LogP contribution in [0.2, 0.25) is 5.28 Å². The van der Waals surface area contributed by atoms with Gasteiger partial charge in [0.15, 0.2) is 0 Å². The molecule has 7 nitrogen and oxygen atoms in total. The summed E-state index contributed by atoms with van der Waals surface area (Å²) < 4.78 is 39.1. The van der Waals surface area contributed by atoms with Gasteiger partial charge in [0.1, 0.15) is 11.6 Å². The summed E-state index contributed by atoms with van der Waals surface area (Å²) >= 11 is 6.05. The lowest BCUT2D eigenvalue weighted by atomic mass is 10.1. The molecule has 2 aromatic heterocycles. The molecule has 0 atom stereocenters. The Morgan fingerprint density at radius 2 is 1.91 bits per heavy atom. The first kappa shape index (κ1) is 22.3. The molecule has 170 valence electrons. The third kappa shape index (κ3) is 5.13. The van der Waals surface area contributed by atoms with E-state index < -0.39 is 11.7 Å². The smallest absolute Gasteiger partial charge is 0.399 e. The molecule has 0 radical (unpaired) electrons. The average molecular weight is 467 g/mol. The Balaban J connectivity index is 1.54. The molecule has 0 aliphatic carbocycles. The first-order valence-corrected chi connectivity index (χ1v) is 10.5. The molecule has 1 aromatic carbocycles. The zero-order valence-corrected chi connectivity index (χ0v) is 17.8. The Morgan fingerprint density at radius 1 is 1.16 bits per heavy atom. The van der Waals surface area contributed by atoms with Crippen LogP contribution in [0.4, 0.5) is 30.5 Å². The lowest BCUT2D eigenvalue weighted by Crippen LogP contribution is -2.36. The van der Waals surface area contributed by atoms with Gasteiger partial charge >= 0.3 is 6.18 Å². The van der Waals surface area contributed by atoms with Crippen LogP contribution in [-0.2, 0) is 12.6 Å². The predicted octanol–water partition coefficient (Wildman–Crippen LogP) is 3.89. The van der Waals surface area contributed by atoms with Crippen molar-refractivity contribution >= 4 is 39.8 Å². The Hall–Kier alpha value is -2.85. The van der Waals surface area contributed by atoms with E-state index in [4.69, 9.17) is 17.3 Å². The number of rotatable bonds is 5. The largest absolute Gasteiger partial charge is 0.416 e. The van der Waals surface area contributed by atoms with Crippen molar-refractivity contribution in [2.75, 3.05) is 35.6 Å². The van der Waals surface area contributed by atoms with E-state index in [1.165, 1.54) is 6.07 Å². The standard InChI is InChI=1S/C21H22ClF3N6O/c22-20-29-17-11-28-18(31-5-2-15(32)3-6-31)10-16(17)19(30-20)27-4-1-12-7-13(21(23,24)25)9-14(26)8-12/h7-11,15,32H,1-6,26H2,(H,27,29,30). The van der Waals surface area contributed by atoms with Gasteiger partial charge in [-0.05, 0) is 60.7 Å². The van der Waals surface area contributed by atoms with Crippen LogP contribution >= 0.6 is 11.6 Å². The molecule has 3 aromatic rings. The van der Waals surface area contributed by atoms with E-state index in [9.17, 15) is 18.3 Å². The molecular weight excluding hydrogens is 445 g/mol. The topological polar surface area (TPSA) is 100 Å². The van der Waals surface area contributed by atoms with Crippen LogP contribution in [-0.4, -0.2) is 45.8 Å². The van der Waals surface area contributed by atoms with E-state index in [-0.39, 0.29) is 17.1 Å². The number of nitrogens with two attached hydrogens (primary N) is 1. The number of hydrogen-bond acceptors (Lipinski definition) is 7. The Kier molecular flexibility index (Phi) is 6.25. The molecule has 1 aliphatic heterocycles. The van der Waals surface area contributed by atoms with E-state index >= 15 is 0 Å². The minimum Gasteiger partial charge on any atom is -0.399 e. The van der Waals surface area contributed by atoms with Crippen LogP contribution in [0, 0.1) is 0 Å². The van der Waals surface area contributed by atoms with E-state index in [1.807, 2.05) is 6.07 Å². The van der Waals surface area contributed by atoms with Gasteiger partial charge in [0, 0.05) is 30.7 Å². The van der Waals surface area contributed by atoms with Gasteiger partial charge < -0.3 is 21.1 Å². The number of halogens is 4. The molecule has 0 saturated carbocycles. The highest BCUT2D eigenvalue weighted by atomic mass is 35.5. The zero-order chi connectivity index (χ0) is 22.9. The number of nitrogens with one attached hydrogen (secondary N) is 1. The highest BCUT2D eigenvalue weighted by molar-refractivity contribution is 6.28. The molecular formula is C21H22ClF3N6O. The SMILES string of the molecule is Nc1cc(CCNc2nc(Cl)nc3cnc(N4CCC(O)CC4)cc23)cc(C(F)(F)F)c1. The van der Waals surface area contributed by atoms with Gasteiger partial charge in [-0.2, -0.15) is 13.2 Å². The Labute approximate surface area is 187 Å². The van der Waals surface area contributed by atoms with E-state index in [1.54, 1.807) is 6.20 Å². The third-order valence-corrected chi connectivity index (χ3v) is 5.55. The van der Waals surface area contributed by atoms with Crippen molar-refractivity contribution in [2.24, 2.45) is 0 Å². The maximum atomic E-state index is 13.0. The second kappa shape index (κ2) is 8.95.